The maximum absolute atomic E-state index is 8.75. The first-order valence-electron chi connectivity index (χ1n) is 5.55. The second kappa shape index (κ2) is 5.18. The van der Waals surface area contributed by atoms with Crippen LogP contribution in [0.2, 0.25) is 0 Å². The molecule has 0 spiro atoms. The quantitative estimate of drug-likeness (QED) is 0.802. The summed E-state index contributed by atoms with van der Waals surface area (Å²) in [4.78, 5) is 0. The van der Waals surface area contributed by atoms with Gasteiger partial charge in [-0.25, -0.2) is 0 Å². The Morgan fingerprint density at radius 2 is 2.06 bits per heavy atom. The molecule has 1 aromatic rings. The van der Waals surface area contributed by atoms with Crippen LogP contribution in [0.3, 0.4) is 0 Å². The minimum atomic E-state index is 0.148. The number of hydrogen-bond donors (Lipinski definition) is 2. The van der Waals surface area contributed by atoms with Gasteiger partial charge in [-0.15, -0.1) is 0 Å². The summed E-state index contributed by atoms with van der Waals surface area (Å²) < 4.78 is 11.0. The van der Waals surface area contributed by atoms with E-state index in [-0.39, 0.29) is 12.6 Å². The number of aliphatic hydroxyl groups is 1. The maximum atomic E-state index is 8.75. The SMILES string of the molecule is C[C@H](NCCO)c1ccc2c(c1)OCCO2. The van der Waals surface area contributed by atoms with Crippen molar-refractivity contribution in [1.82, 2.24) is 5.32 Å². The average Bonchev–Trinajstić information content (AvgIpc) is 2.35. The zero-order chi connectivity index (χ0) is 11.4. The monoisotopic (exact) mass is 223 g/mol. The molecular formula is C12H17NO3. The highest BCUT2D eigenvalue weighted by Crippen LogP contribution is 2.32. The molecular weight excluding hydrogens is 206 g/mol. The normalized spacial score (nSPS) is 15.9. The largest absolute Gasteiger partial charge is 0.486 e. The van der Waals surface area contributed by atoms with Crippen molar-refractivity contribution in [1.29, 1.82) is 0 Å². The van der Waals surface area contributed by atoms with Gasteiger partial charge in [0.1, 0.15) is 13.2 Å². The summed E-state index contributed by atoms with van der Waals surface area (Å²) in [6.07, 6.45) is 0. The van der Waals surface area contributed by atoms with Crippen molar-refractivity contribution in [3.05, 3.63) is 23.8 Å². The molecule has 4 heteroatoms. The van der Waals surface area contributed by atoms with Gasteiger partial charge in [-0.3, -0.25) is 0 Å². The third-order valence-electron chi connectivity index (χ3n) is 2.63. The second-order valence-corrected chi connectivity index (χ2v) is 3.80. The number of nitrogens with one attached hydrogen (secondary N) is 1. The van der Waals surface area contributed by atoms with E-state index >= 15 is 0 Å². The Bertz CT molecular complexity index is 354. The summed E-state index contributed by atoms with van der Waals surface area (Å²) >= 11 is 0. The first-order valence-corrected chi connectivity index (χ1v) is 5.55. The van der Waals surface area contributed by atoms with Crippen molar-refractivity contribution in [3.8, 4) is 11.5 Å². The lowest BCUT2D eigenvalue weighted by atomic mass is 10.1. The molecule has 1 aromatic carbocycles. The van der Waals surface area contributed by atoms with Gasteiger partial charge in [0.15, 0.2) is 11.5 Å². The zero-order valence-corrected chi connectivity index (χ0v) is 9.40. The summed E-state index contributed by atoms with van der Waals surface area (Å²) in [6, 6.07) is 6.13. The highest BCUT2D eigenvalue weighted by Gasteiger charge is 2.13. The van der Waals surface area contributed by atoms with E-state index in [2.05, 4.69) is 12.2 Å². The van der Waals surface area contributed by atoms with Crippen LogP contribution in [0.4, 0.5) is 0 Å². The van der Waals surface area contributed by atoms with Gasteiger partial charge in [0.05, 0.1) is 6.61 Å². The summed E-state index contributed by atoms with van der Waals surface area (Å²) in [5, 5.41) is 12.0. The molecule has 4 nitrogen and oxygen atoms in total. The van der Waals surface area contributed by atoms with Gasteiger partial charge >= 0.3 is 0 Å². The Morgan fingerprint density at radius 3 is 2.81 bits per heavy atom. The highest BCUT2D eigenvalue weighted by atomic mass is 16.6. The van der Waals surface area contributed by atoms with Gasteiger partial charge in [0.25, 0.3) is 0 Å². The van der Waals surface area contributed by atoms with Crippen LogP contribution in [-0.2, 0) is 0 Å². The van der Waals surface area contributed by atoms with Crippen LogP contribution in [0.1, 0.15) is 18.5 Å². The minimum Gasteiger partial charge on any atom is -0.486 e. The molecule has 0 saturated carbocycles. The van der Waals surface area contributed by atoms with E-state index in [1.165, 1.54) is 0 Å². The third kappa shape index (κ3) is 2.46. The molecule has 2 N–H and O–H groups in total. The molecule has 2 rings (SSSR count). The van der Waals surface area contributed by atoms with Crippen LogP contribution in [0, 0.1) is 0 Å². The van der Waals surface area contributed by atoms with E-state index in [0.29, 0.717) is 19.8 Å². The predicted octanol–water partition coefficient (Wildman–Crippen LogP) is 1.10. The van der Waals surface area contributed by atoms with Crippen molar-refractivity contribution in [2.45, 2.75) is 13.0 Å². The first-order chi connectivity index (χ1) is 7.81. The summed E-state index contributed by atoms with van der Waals surface area (Å²) in [5.74, 6) is 1.62. The number of aliphatic hydroxyl groups excluding tert-OH is 1. The summed E-state index contributed by atoms with van der Waals surface area (Å²) in [7, 11) is 0. The van der Waals surface area contributed by atoms with E-state index in [9.17, 15) is 0 Å². The van der Waals surface area contributed by atoms with E-state index < -0.39 is 0 Å². The highest BCUT2D eigenvalue weighted by molar-refractivity contribution is 5.44. The Morgan fingerprint density at radius 1 is 1.31 bits per heavy atom. The van der Waals surface area contributed by atoms with Crippen molar-refractivity contribution < 1.29 is 14.6 Å². The molecule has 1 heterocycles. The number of ether oxygens (including phenoxy) is 2. The van der Waals surface area contributed by atoms with E-state index in [0.717, 1.165) is 17.1 Å². The zero-order valence-electron chi connectivity index (χ0n) is 9.40. The van der Waals surface area contributed by atoms with Crippen molar-refractivity contribution in [3.63, 3.8) is 0 Å². The predicted molar refractivity (Wildman–Crippen MR) is 60.9 cm³/mol. The van der Waals surface area contributed by atoms with Crippen molar-refractivity contribution >= 4 is 0 Å². The van der Waals surface area contributed by atoms with Crippen LogP contribution < -0.4 is 14.8 Å². The van der Waals surface area contributed by atoms with Crippen LogP contribution in [0.5, 0.6) is 11.5 Å². The molecule has 0 unspecified atom stereocenters. The number of fused-ring (bicyclic) bond motifs is 1. The molecule has 0 saturated heterocycles. The molecule has 0 amide bonds. The fourth-order valence-corrected chi connectivity index (χ4v) is 1.73. The lowest BCUT2D eigenvalue weighted by Gasteiger charge is -2.21. The Labute approximate surface area is 95.2 Å². The average molecular weight is 223 g/mol. The molecule has 1 aliphatic heterocycles. The molecule has 0 bridgehead atoms. The smallest absolute Gasteiger partial charge is 0.161 e. The van der Waals surface area contributed by atoms with E-state index in [1.54, 1.807) is 0 Å². The van der Waals surface area contributed by atoms with Crippen molar-refractivity contribution in [2.24, 2.45) is 0 Å². The van der Waals surface area contributed by atoms with Gasteiger partial charge in [0, 0.05) is 12.6 Å². The maximum Gasteiger partial charge on any atom is 0.161 e. The first kappa shape index (κ1) is 11.2. The standard InChI is InChI=1S/C12H17NO3/c1-9(13-4-5-14)10-2-3-11-12(8-10)16-7-6-15-11/h2-3,8-9,13-14H,4-7H2,1H3/t9-/m0/s1. The van der Waals surface area contributed by atoms with Gasteiger partial charge in [-0.1, -0.05) is 6.07 Å². The van der Waals surface area contributed by atoms with Crippen LogP contribution in [0.15, 0.2) is 18.2 Å². The minimum absolute atomic E-state index is 0.148. The molecule has 1 aliphatic rings. The lowest BCUT2D eigenvalue weighted by molar-refractivity contribution is 0.171. The fourth-order valence-electron chi connectivity index (χ4n) is 1.73. The summed E-state index contributed by atoms with van der Waals surface area (Å²) in [5.41, 5.74) is 1.14. The van der Waals surface area contributed by atoms with Crippen LogP contribution in [0.25, 0.3) is 0 Å². The van der Waals surface area contributed by atoms with Crippen molar-refractivity contribution in [2.75, 3.05) is 26.4 Å². The van der Waals surface area contributed by atoms with Gasteiger partial charge in [-0.05, 0) is 24.6 Å². The molecule has 0 aromatic heterocycles. The molecule has 1 atom stereocenters. The Kier molecular flexibility index (Phi) is 3.64. The molecule has 16 heavy (non-hydrogen) atoms. The third-order valence-corrected chi connectivity index (χ3v) is 2.63. The fraction of sp³-hybridized carbons (Fsp3) is 0.500. The van der Waals surface area contributed by atoms with Gasteiger partial charge in [0.2, 0.25) is 0 Å². The Balaban J connectivity index is 2.10. The van der Waals surface area contributed by atoms with E-state index in [1.807, 2.05) is 18.2 Å². The van der Waals surface area contributed by atoms with Crippen LogP contribution >= 0.6 is 0 Å². The van der Waals surface area contributed by atoms with Gasteiger partial charge in [-0.2, -0.15) is 0 Å². The Hall–Kier alpha value is -1.26. The molecule has 0 fully saturated rings. The van der Waals surface area contributed by atoms with E-state index in [4.69, 9.17) is 14.6 Å². The molecule has 88 valence electrons. The summed E-state index contributed by atoms with van der Waals surface area (Å²) in [6.45, 7) is 4.02. The second-order valence-electron chi connectivity index (χ2n) is 3.80. The number of benzene rings is 1. The number of hydrogen-bond acceptors (Lipinski definition) is 4. The lowest BCUT2D eigenvalue weighted by Crippen LogP contribution is -2.22. The molecule has 0 radical (unpaired) electrons. The molecule has 0 aliphatic carbocycles. The number of rotatable bonds is 4. The van der Waals surface area contributed by atoms with Gasteiger partial charge < -0.3 is 19.9 Å². The van der Waals surface area contributed by atoms with Crippen LogP contribution in [-0.4, -0.2) is 31.5 Å². The topological polar surface area (TPSA) is 50.7 Å².